The van der Waals surface area contributed by atoms with Gasteiger partial charge in [-0.25, -0.2) is 4.39 Å². The zero-order valence-electron chi connectivity index (χ0n) is 20.5. The number of benzene rings is 2. The predicted molar refractivity (Wildman–Crippen MR) is 129 cm³/mol. The fraction of sp³-hybridized carbons (Fsp3) is 0.481. The lowest BCUT2D eigenvalue weighted by Crippen LogP contribution is -2.41. The summed E-state index contributed by atoms with van der Waals surface area (Å²) in [4.78, 5) is 27.5. The standard InChI is InChI=1S/C27H35FN2O4/c1-5-24(27(32)29-12-14-33-4)34-22-10-9-19-11-13-30(25(31)15-18(2)3)26(23(19)17-22)20-7-6-8-21(28)16-20/h6-10,16-18,24,26H,5,11-15H2,1-4H3,(H,29,32). The molecular formula is C27H35FN2O4. The molecular weight excluding hydrogens is 435 g/mol. The molecule has 0 aromatic heterocycles. The summed E-state index contributed by atoms with van der Waals surface area (Å²) in [5.41, 5.74) is 2.72. The number of ether oxygens (including phenoxy) is 2. The van der Waals surface area contributed by atoms with Crippen molar-refractivity contribution in [3.63, 3.8) is 0 Å². The van der Waals surface area contributed by atoms with E-state index in [1.54, 1.807) is 13.2 Å². The number of methoxy groups -OCH3 is 1. The molecule has 0 radical (unpaired) electrons. The molecule has 1 aliphatic rings. The molecule has 34 heavy (non-hydrogen) atoms. The quantitative estimate of drug-likeness (QED) is 0.527. The highest BCUT2D eigenvalue weighted by Gasteiger charge is 2.33. The van der Waals surface area contributed by atoms with E-state index in [-0.39, 0.29) is 23.5 Å². The number of amides is 2. The summed E-state index contributed by atoms with van der Waals surface area (Å²) in [6, 6.07) is 11.7. The highest BCUT2D eigenvalue weighted by molar-refractivity contribution is 5.81. The highest BCUT2D eigenvalue weighted by atomic mass is 19.1. The molecule has 2 atom stereocenters. The second kappa shape index (κ2) is 12.0. The Kier molecular flexibility index (Phi) is 9.05. The first-order valence-electron chi connectivity index (χ1n) is 11.9. The van der Waals surface area contributed by atoms with Crippen molar-refractivity contribution in [1.82, 2.24) is 10.2 Å². The minimum absolute atomic E-state index is 0.0465. The van der Waals surface area contributed by atoms with Gasteiger partial charge in [-0.3, -0.25) is 9.59 Å². The third kappa shape index (κ3) is 6.35. The number of hydrogen-bond acceptors (Lipinski definition) is 4. The van der Waals surface area contributed by atoms with E-state index in [1.165, 1.54) is 12.1 Å². The second-order valence-electron chi connectivity index (χ2n) is 9.05. The Morgan fingerprint density at radius 2 is 2.00 bits per heavy atom. The molecule has 1 heterocycles. The molecule has 7 heteroatoms. The molecule has 2 amide bonds. The third-order valence-corrected chi connectivity index (χ3v) is 5.96. The van der Waals surface area contributed by atoms with Crippen LogP contribution in [0.1, 0.15) is 56.3 Å². The van der Waals surface area contributed by atoms with Crippen molar-refractivity contribution in [3.05, 3.63) is 65.0 Å². The molecule has 1 aliphatic heterocycles. The van der Waals surface area contributed by atoms with Gasteiger partial charge in [-0.1, -0.05) is 39.0 Å². The van der Waals surface area contributed by atoms with Gasteiger partial charge < -0.3 is 19.7 Å². The number of nitrogens with zero attached hydrogens (tertiary/aromatic N) is 1. The summed E-state index contributed by atoms with van der Waals surface area (Å²) in [5, 5.41) is 2.81. The van der Waals surface area contributed by atoms with Crippen LogP contribution in [0.4, 0.5) is 4.39 Å². The maximum absolute atomic E-state index is 14.2. The fourth-order valence-corrected chi connectivity index (χ4v) is 4.31. The molecule has 2 aromatic rings. The van der Waals surface area contributed by atoms with Crippen LogP contribution in [0.3, 0.4) is 0 Å². The van der Waals surface area contributed by atoms with Gasteiger partial charge in [-0.15, -0.1) is 0 Å². The highest BCUT2D eigenvalue weighted by Crippen LogP contribution is 2.38. The van der Waals surface area contributed by atoms with Crippen molar-refractivity contribution in [2.45, 2.75) is 52.2 Å². The van der Waals surface area contributed by atoms with E-state index in [9.17, 15) is 14.0 Å². The Morgan fingerprint density at radius 1 is 1.21 bits per heavy atom. The van der Waals surface area contributed by atoms with Crippen LogP contribution in [-0.4, -0.2) is 49.6 Å². The van der Waals surface area contributed by atoms with Gasteiger partial charge in [0.15, 0.2) is 6.10 Å². The average molecular weight is 471 g/mol. The summed E-state index contributed by atoms with van der Waals surface area (Å²) >= 11 is 0. The van der Waals surface area contributed by atoms with Crippen molar-refractivity contribution in [2.24, 2.45) is 5.92 Å². The number of carbonyl (C=O) groups excluding carboxylic acids is 2. The summed E-state index contributed by atoms with van der Waals surface area (Å²) < 4.78 is 25.2. The molecule has 0 bridgehead atoms. The van der Waals surface area contributed by atoms with Crippen LogP contribution in [0, 0.1) is 11.7 Å². The maximum Gasteiger partial charge on any atom is 0.261 e. The summed E-state index contributed by atoms with van der Waals surface area (Å²) in [7, 11) is 1.58. The van der Waals surface area contributed by atoms with E-state index in [0.717, 1.165) is 16.7 Å². The zero-order chi connectivity index (χ0) is 24.7. The largest absolute Gasteiger partial charge is 0.481 e. The average Bonchev–Trinajstić information content (AvgIpc) is 2.81. The number of hydrogen-bond donors (Lipinski definition) is 1. The number of halogens is 1. The monoisotopic (exact) mass is 470 g/mol. The first-order valence-corrected chi connectivity index (χ1v) is 11.9. The lowest BCUT2D eigenvalue weighted by Gasteiger charge is -2.38. The Morgan fingerprint density at radius 3 is 2.68 bits per heavy atom. The van der Waals surface area contributed by atoms with Crippen LogP contribution in [0.2, 0.25) is 0 Å². The molecule has 2 unspecified atom stereocenters. The van der Waals surface area contributed by atoms with E-state index in [4.69, 9.17) is 9.47 Å². The van der Waals surface area contributed by atoms with Crippen molar-refractivity contribution in [3.8, 4) is 5.75 Å². The fourth-order valence-electron chi connectivity index (χ4n) is 4.31. The molecule has 3 rings (SSSR count). The van der Waals surface area contributed by atoms with E-state index < -0.39 is 12.1 Å². The van der Waals surface area contributed by atoms with Crippen LogP contribution in [0.15, 0.2) is 42.5 Å². The van der Waals surface area contributed by atoms with Gasteiger partial charge in [0, 0.05) is 26.6 Å². The van der Waals surface area contributed by atoms with Crippen molar-refractivity contribution < 1.29 is 23.5 Å². The topological polar surface area (TPSA) is 67.9 Å². The Balaban J connectivity index is 1.93. The maximum atomic E-state index is 14.2. The van der Waals surface area contributed by atoms with Crippen LogP contribution >= 0.6 is 0 Å². The van der Waals surface area contributed by atoms with E-state index in [1.807, 2.05) is 49.9 Å². The lowest BCUT2D eigenvalue weighted by molar-refractivity contribution is -0.134. The number of carbonyl (C=O) groups is 2. The zero-order valence-corrected chi connectivity index (χ0v) is 20.5. The van der Waals surface area contributed by atoms with Gasteiger partial charge in [0.1, 0.15) is 11.6 Å². The van der Waals surface area contributed by atoms with E-state index in [2.05, 4.69) is 5.32 Å². The van der Waals surface area contributed by atoms with Gasteiger partial charge >= 0.3 is 0 Å². The lowest BCUT2D eigenvalue weighted by atomic mass is 9.87. The molecule has 1 N–H and O–H groups in total. The first kappa shape index (κ1) is 25.7. The minimum Gasteiger partial charge on any atom is -0.481 e. The number of rotatable bonds is 10. The Labute approximate surface area is 201 Å². The molecule has 0 fully saturated rings. The molecule has 0 saturated heterocycles. The summed E-state index contributed by atoms with van der Waals surface area (Å²) in [6.07, 6.45) is 0.990. The van der Waals surface area contributed by atoms with Gasteiger partial charge in [-0.2, -0.15) is 0 Å². The molecule has 0 spiro atoms. The van der Waals surface area contributed by atoms with Gasteiger partial charge in [0.25, 0.3) is 5.91 Å². The Hall–Kier alpha value is -2.93. The third-order valence-electron chi connectivity index (χ3n) is 5.96. The second-order valence-corrected chi connectivity index (χ2v) is 9.05. The number of fused-ring (bicyclic) bond motifs is 1. The normalized spacial score (nSPS) is 16.2. The van der Waals surface area contributed by atoms with Gasteiger partial charge in [0.2, 0.25) is 5.91 Å². The van der Waals surface area contributed by atoms with Crippen molar-refractivity contribution in [2.75, 3.05) is 26.8 Å². The van der Waals surface area contributed by atoms with E-state index >= 15 is 0 Å². The molecule has 6 nitrogen and oxygen atoms in total. The van der Waals surface area contributed by atoms with Crippen LogP contribution < -0.4 is 10.1 Å². The predicted octanol–water partition coefficient (Wildman–Crippen LogP) is 4.27. The van der Waals surface area contributed by atoms with Crippen molar-refractivity contribution >= 4 is 11.8 Å². The van der Waals surface area contributed by atoms with Crippen LogP contribution in [0.25, 0.3) is 0 Å². The van der Waals surface area contributed by atoms with Crippen LogP contribution in [0.5, 0.6) is 5.75 Å². The Bertz CT molecular complexity index is 994. The van der Waals surface area contributed by atoms with E-state index in [0.29, 0.717) is 44.7 Å². The van der Waals surface area contributed by atoms with Gasteiger partial charge in [-0.05, 0) is 59.7 Å². The van der Waals surface area contributed by atoms with Crippen LogP contribution in [-0.2, 0) is 20.7 Å². The molecule has 0 aliphatic carbocycles. The van der Waals surface area contributed by atoms with Gasteiger partial charge in [0.05, 0.1) is 12.6 Å². The SMILES string of the molecule is CCC(Oc1ccc2c(c1)C(c1cccc(F)c1)N(C(=O)CC(C)C)CC2)C(=O)NCCOC. The van der Waals surface area contributed by atoms with Crippen molar-refractivity contribution in [1.29, 1.82) is 0 Å². The minimum atomic E-state index is -0.648. The molecule has 0 saturated carbocycles. The smallest absolute Gasteiger partial charge is 0.261 e. The molecule has 184 valence electrons. The first-order chi connectivity index (χ1) is 16.3. The molecule has 2 aromatic carbocycles. The summed E-state index contributed by atoms with van der Waals surface area (Å²) in [6.45, 7) is 7.33. The number of nitrogens with one attached hydrogen (secondary N) is 1. The summed E-state index contributed by atoms with van der Waals surface area (Å²) in [5.74, 6) is 0.274.